The van der Waals surface area contributed by atoms with Crippen molar-refractivity contribution < 1.29 is 14.0 Å². The van der Waals surface area contributed by atoms with Crippen LogP contribution in [0.15, 0.2) is 18.3 Å². The van der Waals surface area contributed by atoms with Gasteiger partial charge in [0, 0.05) is 19.4 Å². The molecule has 2 heterocycles. The highest BCUT2D eigenvalue weighted by Gasteiger charge is 2.27. The topological polar surface area (TPSA) is 22.3 Å². The molecule has 0 bridgehead atoms. The van der Waals surface area contributed by atoms with E-state index >= 15 is 0 Å². The van der Waals surface area contributed by atoms with Crippen LogP contribution in [0.5, 0.6) is 5.75 Å². The molecule has 1 aromatic rings. The molecule has 34 heavy (non-hydrogen) atoms. The van der Waals surface area contributed by atoms with E-state index < -0.39 is 0 Å². The SMILES string of the molecule is CCCCCCCCCCCCCCCCCCCCC1CCC(Oc2ccc[n+](C)c2C)O1. The lowest BCUT2D eigenvalue weighted by molar-refractivity contribution is -0.678. The minimum absolute atomic E-state index is 0.0679. The molecule has 0 spiro atoms. The van der Waals surface area contributed by atoms with E-state index in [0.717, 1.165) is 24.3 Å². The smallest absolute Gasteiger partial charge is 0.220 e. The first-order chi connectivity index (χ1) is 16.7. The predicted octanol–water partition coefficient (Wildman–Crippen LogP) is 9.14. The zero-order valence-electron chi connectivity index (χ0n) is 23.0. The molecule has 0 aliphatic carbocycles. The van der Waals surface area contributed by atoms with Gasteiger partial charge in [-0.3, -0.25) is 0 Å². The molecule has 1 aliphatic heterocycles. The zero-order valence-corrected chi connectivity index (χ0v) is 23.0. The maximum atomic E-state index is 6.16. The van der Waals surface area contributed by atoms with Gasteiger partial charge in [-0.05, 0) is 18.9 Å². The highest BCUT2D eigenvalue weighted by atomic mass is 16.7. The number of aryl methyl sites for hydroxylation is 1. The molecule has 2 unspecified atom stereocenters. The third kappa shape index (κ3) is 13.1. The number of pyridine rings is 1. The lowest BCUT2D eigenvalue weighted by atomic mass is 10.0. The van der Waals surface area contributed by atoms with E-state index in [1.807, 2.05) is 12.1 Å². The number of rotatable bonds is 21. The van der Waals surface area contributed by atoms with Gasteiger partial charge in [-0.1, -0.05) is 122 Å². The van der Waals surface area contributed by atoms with Gasteiger partial charge >= 0.3 is 0 Å². The molecule has 2 rings (SSSR count). The Kier molecular flexibility index (Phi) is 16.4. The standard InChI is InChI=1S/C31H56NO2/c1-4-5-6-7-8-9-10-11-12-13-14-15-16-17-18-19-20-21-23-29-25-26-31(33-29)34-30-24-22-27-32(3)28(30)2/h22,24,27,29,31H,4-21,23,25-26H2,1-3H3/q+1. The van der Waals surface area contributed by atoms with Gasteiger partial charge in [0.25, 0.3) is 0 Å². The number of hydrogen-bond acceptors (Lipinski definition) is 2. The third-order valence-corrected chi connectivity index (χ3v) is 7.65. The molecule has 0 N–H and O–H groups in total. The van der Waals surface area contributed by atoms with Crippen LogP contribution in [-0.2, 0) is 11.8 Å². The molecule has 1 fully saturated rings. The summed E-state index contributed by atoms with van der Waals surface area (Å²) in [4.78, 5) is 0. The van der Waals surface area contributed by atoms with Gasteiger partial charge in [0.2, 0.25) is 12.0 Å². The molecule has 0 saturated carbocycles. The quantitative estimate of drug-likeness (QED) is 0.131. The Hall–Kier alpha value is -1.09. The first-order valence-corrected chi connectivity index (χ1v) is 15.0. The van der Waals surface area contributed by atoms with Crippen molar-refractivity contribution in [3.63, 3.8) is 0 Å². The molecule has 0 amide bonds. The summed E-state index contributed by atoms with van der Waals surface area (Å²) < 4.78 is 14.4. The van der Waals surface area contributed by atoms with Crippen molar-refractivity contribution in [2.45, 2.75) is 161 Å². The molecule has 0 radical (unpaired) electrons. The fourth-order valence-electron chi connectivity index (χ4n) is 5.18. The minimum Gasteiger partial charge on any atom is -0.458 e. The van der Waals surface area contributed by atoms with Crippen molar-refractivity contribution in [3.8, 4) is 5.75 Å². The minimum atomic E-state index is -0.0679. The van der Waals surface area contributed by atoms with Crippen LogP contribution in [0.2, 0.25) is 0 Å². The molecule has 196 valence electrons. The Balaban J connectivity index is 1.32. The summed E-state index contributed by atoms with van der Waals surface area (Å²) in [5.74, 6) is 0.948. The molecular weight excluding hydrogens is 418 g/mol. The van der Waals surface area contributed by atoms with Gasteiger partial charge in [-0.25, -0.2) is 4.57 Å². The Morgan fingerprint density at radius 1 is 0.765 bits per heavy atom. The van der Waals surface area contributed by atoms with Gasteiger partial charge < -0.3 is 9.47 Å². The summed E-state index contributed by atoms with van der Waals surface area (Å²) in [5, 5.41) is 0. The van der Waals surface area contributed by atoms with Crippen LogP contribution in [0.25, 0.3) is 0 Å². The van der Waals surface area contributed by atoms with Crippen LogP contribution in [0.4, 0.5) is 0 Å². The van der Waals surface area contributed by atoms with E-state index in [2.05, 4.69) is 31.7 Å². The number of ether oxygens (including phenoxy) is 2. The van der Waals surface area contributed by atoms with Crippen LogP contribution in [0.1, 0.15) is 147 Å². The van der Waals surface area contributed by atoms with Crippen LogP contribution in [0, 0.1) is 6.92 Å². The van der Waals surface area contributed by atoms with E-state index in [9.17, 15) is 0 Å². The van der Waals surface area contributed by atoms with Gasteiger partial charge in [0.1, 0.15) is 7.05 Å². The number of aromatic nitrogens is 1. The molecule has 2 atom stereocenters. The number of unbranched alkanes of at least 4 members (excludes halogenated alkanes) is 17. The Bertz CT molecular complexity index is 617. The summed E-state index contributed by atoms with van der Waals surface area (Å²) in [5.41, 5.74) is 1.15. The summed E-state index contributed by atoms with van der Waals surface area (Å²) >= 11 is 0. The fourth-order valence-corrected chi connectivity index (χ4v) is 5.18. The highest BCUT2D eigenvalue weighted by Crippen LogP contribution is 2.27. The molecule has 3 heteroatoms. The Labute approximate surface area is 212 Å². The average molecular weight is 475 g/mol. The van der Waals surface area contributed by atoms with Gasteiger partial charge in [0.15, 0.2) is 11.9 Å². The molecule has 0 aromatic carbocycles. The van der Waals surface area contributed by atoms with Crippen molar-refractivity contribution in [3.05, 3.63) is 24.0 Å². The molecule has 1 aliphatic rings. The van der Waals surface area contributed by atoms with E-state index in [0.29, 0.717) is 6.10 Å². The maximum Gasteiger partial charge on any atom is 0.220 e. The highest BCUT2D eigenvalue weighted by molar-refractivity contribution is 5.21. The second kappa shape index (κ2) is 19.1. The van der Waals surface area contributed by atoms with Gasteiger partial charge in [-0.2, -0.15) is 0 Å². The summed E-state index contributed by atoms with van der Waals surface area (Å²) in [7, 11) is 2.05. The van der Waals surface area contributed by atoms with E-state index in [1.54, 1.807) is 0 Å². The van der Waals surface area contributed by atoms with Crippen LogP contribution in [0.3, 0.4) is 0 Å². The van der Waals surface area contributed by atoms with Crippen molar-refractivity contribution in [1.82, 2.24) is 0 Å². The largest absolute Gasteiger partial charge is 0.458 e. The van der Waals surface area contributed by atoms with E-state index in [4.69, 9.17) is 9.47 Å². The van der Waals surface area contributed by atoms with Crippen molar-refractivity contribution in [2.75, 3.05) is 0 Å². The second-order valence-corrected chi connectivity index (χ2v) is 10.8. The van der Waals surface area contributed by atoms with Crippen LogP contribution < -0.4 is 9.30 Å². The van der Waals surface area contributed by atoms with Crippen molar-refractivity contribution in [1.29, 1.82) is 0 Å². The zero-order chi connectivity index (χ0) is 24.3. The summed E-state index contributed by atoms with van der Waals surface area (Å²) in [6.45, 7) is 4.40. The molecule has 1 saturated heterocycles. The fraction of sp³-hybridized carbons (Fsp3) is 0.839. The lowest BCUT2D eigenvalue weighted by Gasteiger charge is -2.15. The first kappa shape index (κ1) is 29.1. The summed E-state index contributed by atoms with van der Waals surface area (Å²) in [6, 6.07) is 4.08. The maximum absolute atomic E-state index is 6.16. The van der Waals surface area contributed by atoms with Gasteiger partial charge in [0.05, 0.1) is 6.10 Å². The predicted molar refractivity (Wildman–Crippen MR) is 144 cm³/mol. The second-order valence-electron chi connectivity index (χ2n) is 10.8. The third-order valence-electron chi connectivity index (χ3n) is 7.65. The number of hydrogen-bond donors (Lipinski definition) is 0. The van der Waals surface area contributed by atoms with Crippen LogP contribution >= 0.6 is 0 Å². The normalized spacial score (nSPS) is 18.0. The molecular formula is C31H56NO2+. The molecule has 1 aromatic heterocycles. The summed E-state index contributed by atoms with van der Waals surface area (Å²) in [6.07, 6.45) is 31.5. The van der Waals surface area contributed by atoms with Crippen molar-refractivity contribution in [2.24, 2.45) is 7.05 Å². The average Bonchev–Trinajstić information content (AvgIpc) is 3.28. The molecule has 3 nitrogen and oxygen atoms in total. The Morgan fingerprint density at radius 3 is 1.79 bits per heavy atom. The Morgan fingerprint density at radius 2 is 1.26 bits per heavy atom. The van der Waals surface area contributed by atoms with Gasteiger partial charge in [-0.15, -0.1) is 0 Å². The monoisotopic (exact) mass is 474 g/mol. The first-order valence-electron chi connectivity index (χ1n) is 15.0. The lowest BCUT2D eigenvalue weighted by Crippen LogP contribution is -2.32. The van der Waals surface area contributed by atoms with Crippen molar-refractivity contribution >= 4 is 0 Å². The van der Waals surface area contributed by atoms with E-state index in [1.165, 1.54) is 122 Å². The van der Waals surface area contributed by atoms with Crippen LogP contribution in [-0.4, -0.2) is 12.4 Å². The number of nitrogens with zero attached hydrogens (tertiary/aromatic N) is 1. The van der Waals surface area contributed by atoms with E-state index in [-0.39, 0.29) is 6.29 Å².